The van der Waals surface area contributed by atoms with E-state index in [0.717, 1.165) is 87.9 Å². The summed E-state index contributed by atoms with van der Waals surface area (Å²) >= 11 is 1.68. The number of fused-ring (bicyclic) bond motifs is 2. The quantitative estimate of drug-likeness (QED) is 0.0486. The topological polar surface area (TPSA) is 119 Å². The first-order valence-corrected chi connectivity index (χ1v) is 22.1. The van der Waals surface area contributed by atoms with Crippen LogP contribution in [0.15, 0.2) is 125 Å². The standard InChI is InChI=1S/C50H58N2O7S/c1-5-27-56-50-47(60-41-22-18-38(19-23-41)51-35(4)55)31-45(52-57-32-36-13-7-6-8-14-36)43-29-37(15-9-11-25-53)42(16-10-12-26-54)48(49(43)50)44-30-40(21-24-46(44)59-50)58-39-20-17-33(2)34(3)28-39/h5-8,13-14,17-24,28-30,37,42,47-49,53-54H,1,9-12,15-16,25-27,31-32H2,2-4H3,(H,51,55). The minimum absolute atomic E-state index is 0.0791. The maximum Gasteiger partial charge on any atom is 0.231 e. The van der Waals surface area contributed by atoms with Crippen molar-refractivity contribution >= 4 is 29.1 Å². The van der Waals surface area contributed by atoms with Crippen LogP contribution >= 0.6 is 11.8 Å². The van der Waals surface area contributed by atoms with Crippen LogP contribution in [0.25, 0.3) is 0 Å². The van der Waals surface area contributed by atoms with Gasteiger partial charge in [-0.3, -0.25) is 4.79 Å². The normalized spacial score (nSPS) is 23.4. The molecule has 6 unspecified atom stereocenters. The molecule has 0 radical (unpaired) electrons. The fraction of sp³-hybridized carbons (Fsp3) is 0.400. The van der Waals surface area contributed by atoms with Crippen LogP contribution in [0, 0.1) is 31.6 Å². The van der Waals surface area contributed by atoms with Crippen LogP contribution in [0.3, 0.4) is 0 Å². The molecule has 1 heterocycles. The van der Waals surface area contributed by atoms with Gasteiger partial charge in [0, 0.05) is 48.6 Å². The summed E-state index contributed by atoms with van der Waals surface area (Å²) in [6.45, 7) is 10.6. The smallest absolute Gasteiger partial charge is 0.231 e. The second-order valence-corrected chi connectivity index (χ2v) is 17.5. The Morgan fingerprint density at radius 3 is 2.38 bits per heavy atom. The SMILES string of the molecule is C=CCOC12Oc3ccc(Oc4ccc(C)c(C)c4)cc3C3C(CCCCO)C(CCCCO)C=C(C(=NOCc4ccccc4)CC1Sc1ccc(NC(C)=O)cc1)C32. The minimum Gasteiger partial charge on any atom is -0.460 e. The Labute approximate surface area is 358 Å². The Balaban J connectivity index is 1.39. The van der Waals surface area contributed by atoms with Gasteiger partial charge in [-0.2, -0.15) is 0 Å². The summed E-state index contributed by atoms with van der Waals surface area (Å²) in [4.78, 5) is 19.1. The molecule has 6 atom stereocenters. The first-order chi connectivity index (χ1) is 29.2. The zero-order chi connectivity index (χ0) is 42.1. The van der Waals surface area contributed by atoms with Gasteiger partial charge in [0.05, 0.1) is 23.5 Å². The zero-order valence-corrected chi connectivity index (χ0v) is 35.8. The van der Waals surface area contributed by atoms with Crippen LogP contribution in [0.1, 0.15) is 80.0 Å². The minimum atomic E-state index is -1.14. The van der Waals surface area contributed by atoms with Crippen LogP contribution in [0.2, 0.25) is 0 Å². The van der Waals surface area contributed by atoms with E-state index < -0.39 is 5.79 Å². The van der Waals surface area contributed by atoms with Crippen molar-refractivity contribution in [3.63, 3.8) is 0 Å². The fourth-order valence-corrected chi connectivity index (χ4v) is 10.4. The molecule has 1 fully saturated rings. The zero-order valence-electron chi connectivity index (χ0n) is 35.0. The van der Waals surface area contributed by atoms with Gasteiger partial charge in [0.2, 0.25) is 11.7 Å². The van der Waals surface area contributed by atoms with E-state index >= 15 is 0 Å². The van der Waals surface area contributed by atoms with Gasteiger partial charge in [-0.25, -0.2) is 0 Å². The van der Waals surface area contributed by atoms with Crippen LogP contribution < -0.4 is 14.8 Å². The molecule has 1 amide bonds. The second kappa shape index (κ2) is 20.1. The number of unbranched alkanes of at least 4 members (excludes halogenated alkanes) is 2. The van der Waals surface area contributed by atoms with E-state index in [9.17, 15) is 15.0 Å². The number of anilines is 1. The van der Waals surface area contributed by atoms with E-state index in [2.05, 4.69) is 50.0 Å². The van der Waals surface area contributed by atoms with Gasteiger partial charge in [-0.15, -0.1) is 18.3 Å². The molecule has 7 rings (SSSR count). The highest BCUT2D eigenvalue weighted by Gasteiger charge is 2.64. The average Bonchev–Trinajstić information content (AvgIpc) is 3.24. The van der Waals surface area contributed by atoms with Gasteiger partial charge in [0.1, 0.15) is 23.9 Å². The second-order valence-electron chi connectivity index (χ2n) is 16.2. The van der Waals surface area contributed by atoms with Gasteiger partial charge in [-0.1, -0.05) is 66.5 Å². The van der Waals surface area contributed by atoms with Crippen molar-refractivity contribution in [2.24, 2.45) is 22.9 Å². The van der Waals surface area contributed by atoms with Crippen molar-refractivity contribution in [3.05, 3.63) is 138 Å². The molecule has 0 spiro atoms. The average molecular weight is 831 g/mol. The molecule has 10 heteroatoms. The van der Waals surface area contributed by atoms with Crippen LogP contribution in [-0.2, 0) is 21.0 Å². The number of carbonyl (C=O) groups is 1. The number of nitrogens with zero attached hydrogens (tertiary/aromatic N) is 1. The highest BCUT2D eigenvalue weighted by Crippen LogP contribution is 2.63. The van der Waals surface area contributed by atoms with Crippen molar-refractivity contribution in [2.75, 3.05) is 25.1 Å². The number of nitrogens with one attached hydrogen (secondary N) is 1. The summed E-state index contributed by atoms with van der Waals surface area (Å²) in [5.41, 5.74) is 7.10. The van der Waals surface area contributed by atoms with E-state index in [4.69, 9.17) is 24.2 Å². The highest BCUT2D eigenvalue weighted by molar-refractivity contribution is 8.00. The first kappa shape index (κ1) is 43.2. The summed E-state index contributed by atoms with van der Waals surface area (Å²) in [6, 6.07) is 30.2. The molecule has 316 valence electrons. The Morgan fingerprint density at radius 2 is 1.67 bits per heavy atom. The summed E-state index contributed by atoms with van der Waals surface area (Å²) in [5, 5.41) is 27.4. The number of thioether (sulfide) groups is 1. The molecular formula is C50H58N2O7S. The number of aliphatic hydroxyl groups is 2. The number of aliphatic hydroxyl groups excluding tert-OH is 2. The van der Waals surface area contributed by atoms with E-state index in [1.54, 1.807) is 17.8 Å². The third-order valence-electron chi connectivity index (χ3n) is 12.0. The molecule has 1 saturated carbocycles. The summed E-state index contributed by atoms with van der Waals surface area (Å²) in [6.07, 6.45) is 9.63. The number of oxime groups is 1. The van der Waals surface area contributed by atoms with E-state index in [-0.39, 0.29) is 54.6 Å². The van der Waals surface area contributed by atoms with Gasteiger partial charge < -0.3 is 34.6 Å². The Bertz CT molecular complexity index is 2160. The molecule has 2 aliphatic carbocycles. The highest BCUT2D eigenvalue weighted by atomic mass is 32.2. The number of hydrogen-bond donors (Lipinski definition) is 3. The summed E-state index contributed by atoms with van der Waals surface area (Å²) in [7, 11) is 0. The van der Waals surface area contributed by atoms with E-state index in [1.807, 2.05) is 72.8 Å². The summed E-state index contributed by atoms with van der Waals surface area (Å²) in [5.74, 6) is 0.922. The van der Waals surface area contributed by atoms with Crippen LogP contribution in [0.5, 0.6) is 17.2 Å². The van der Waals surface area contributed by atoms with Gasteiger partial charge >= 0.3 is 0 Å². The summed E-state index contributed by atoms with van der Waals surface area (Å²) < 4.78 is 21.1. The van der Waals surface area contributed by atoms with Crippen molar-refractivity contribution in [3.8, 4) is 17.2 Å². The van der Waals surface area contributed by atoms with Crippen LogP contribution in [0.4, 0.5) is 5.69 Å². The molecule has 0 bridgehead atoms. The predicted molar refractivity (Wildman–Crippen MR) is 239 cm³/mol. The molecule has 3 aliphatic rings. The first-order valence-electron chi connectivity index (χ1n) is 21.3. The van der Waals surface area contributed by atoms with Gasteiger partial charge in [0.25, 0.3) is 0 Å². The molecule has 0 aromatic heterocycles. The van der Waals surface area contributed by atoms with E-state index in [0.29, 0.717) is 19.4 Å². The molecule has 4 aromatic rings. The largest absolute Gasteiger partial charge is 0.460 e. The molecule has 4 aromatic carbocycles. The van der Waals surface area contributed by atoms with Crippen LogP contribution in [-0.4, -0.2) is 52.7 Å². The molecule has 0 saturated heterocycles. The van der Waals surface area contributed by atoms with Gasteiger partial charge in [0.15, 0.2) is 0 Å². The van der Waals surface area contributed by atoms with Gasteiger partial charge in [-0.05, 0) is 128 Å². The Kier molecular flexibility index (Phi) is 14.5. The number of allylic oxidation sites excluding steroid dienone is 1. The number of ether oxygens (including phenoxy) is 3. The third kappa shape index (κ3) is 9.84. The Morgan fingerprint density at radius 1 is 0.933 bits per heavy atom. The Hall–Kier alpha value is -4.87. The number of rotatable bonds is 19. The number of carbonyl (C=O) groups excluding carboxylic acids is 1. The van der Waals surface area contributed by atoms with Crippen molar-refractivity contribution in [2.45, 2.75) is 94.2 Å². The fourth-order valence-electron chi connectivity index (χ4n) is 9.14. The molecule has 9 nitrogen and oxygen atoms in total. The van der Waals surface area contributed by atoms with Crippen molar-refractivity contribution in [1.29, 1.82) is 0 Å². The molecule has 1 aliphatic heterocycles. The third-order valence-corrected chi connectivity index (χ3v) is 13.4. The number of aryl methyl sites for hydroxylation is 2. The lowest BCUT2D eigenvalue weighted by molar-refractivity contribution is -0.223. The lowest BCUT2D eigenvalue weighted by atomic mass is 9.56. The molecule has 3 N–H and O–H groups in total. The maximum atomic E-state index is 11.8. The lowest BCUT2D eigenvalue weighted by Gasteiger charge is -2.58. The molecular weight excluding hydrogens is 773 g/mol. The van der Waals surface area contributed by atoms with E-state index in [1.165, 1.54) is 12.5 Å². The van der Waals surface area contributed by atoms with Crippen molar-refractivity contribution in [1.82, 2.24) is 0 Å². The lowest BCUT2D eigenvalue weighted by Crippen LogP contribution is -2.64. The predicted octanol–water partition coefficient (Wildman–Crippen LogP) is 10.7. The monoisotopic (exact) mass is 830 g/mol. The maximum absolute atomic E-state index is 11.8. The number of benzene rings is 4. The number of hydrogen-bond acceptors (Lipinski definition) is 9. The number of amides is 1. The molecule has 60 heavy (non-hydrogen) atoms. The van der Waals surface area contributed by atoms with Crippen molar-refractivity contribution < 1.29 is 34.1 Å².